The Hall–Kier alpha value is -2.76. The fourth-order valence-corrected chi connectivity index (χ4v) is 1.49. The van der Waals surface area contributed by atoms with Crippen LogP contribution in [0.3, 0.4) is 0 Å². The van der Waals surface area contributed by atoms with Crippen LogP contribution in [0.4, 0.5) is 0 Å². The average molecular weight is 270 g/mol. The molecule has 0 saturated carbocycles. The van der Waals surface area contributed by atoms with Gasteiger partial charge in [-0.25, -0.2) is 10.4 Å². The van der Waals surface area contributed by atoms with E-state index < -0.39 is 5.91 Å². The smallest absolute Gasteiger partial charge is 0.291 e. The normalized spacial score (nSPS) is 10.4. The predicted octanol–water partition coefficient (Wildman–Crippen LogP) is 1.64. The summed E-state index contributed by atoms with van der Waals surface area (Å²) in [7, 11) is 0. The zero-order valence-corrected chi connectivity index (χ0v) is 11.0. The number of aromatic nitrogens is 2. The highest BCUT2D eigenvalue weighted by molar-refractivity contribution is 5.92. The molecule has 1 aromatic heterocycles. The Morgan fingerprint density at radius 1 is 1.45 bits per heavy atom. The molecule has 6 nitrogen and oxygen atoms in total. The van der Waals surface area contributed by atoms with Gasteiger partial charge in [0.05, 0.1) is 19.0 Å². The topological polar surface area (TPSA) is 76.5 Å². The van der Waals surface area contributed by atoms with E-state index in [1.165, 1.54) is 24.8 Å². The number of carbonyl (C=O) groups is 1. The Morgan fingerprint density at radius 2 is 2.35 bits per heavy atom. The van der Waals surface area contributed by atoms with Crippen LogP contribution >= 0.6 is 0 Å². The van der Waals surface area contributed by atoms with Gasteiger partial charge in [0.1, 0.15) is 11.4 Å². The molecule has 0 spiro atoms. The summed E-state index contributed by atoms with van der Waals surface area (Å²) in [6.07, 6.45) is 5.86. The lowest BCUT2D eigenvalue weighted by molar-refractivity contribution is 0.0949. The number of hydrogen-bond acceptors (Lipinski definition) is 5. The molecule has 2 rings (SSSR count). The van der Waals surface area contributed by atoms with Crippen LogP contribution in [0.15, 0.2) is 48.0 Å². The highest BCUT2D eigenvalue weighted by Gasteiger charge is 2.04. The van der Waals surface area contributed by atoms with Crippen molar-refractivity contribution in [3.63, 3.8) is 0 Å². The van der Waals surface area contributed by atoms with Crippen LogP contribution in [-0.4, -0.2) is 28.7 Å². The molecule has 1 N–H and O–H groups in total. The lowest BCUT2D eigenvalue weighted by Crippen LogP contribution is -2.19. The fourth-order valence-electron chi connectivity index (χ4n) is 1.49. The van der Waals surface area contributed by atoms with Gasteiger partial charge < -0.3 is 4.74 Å². The minimum atomic E-state index is -0.407. The molecule has 102 valence electrons. The fraction of sp³-hybridized carbons (Fsp3) is 0.143. The standard InChI is InChI=1S/C14H14N4O2/c1-2-20-12-5-3-4-11(8-12)9-17-18-14(19)13-10-15-6-7-16-13/h3-10H,2H2,1H3,(H,18,19)/b17-9+. The summed E-state index contributed by atoms with van der Waals surface area (Å²) in [5, 5.41) is 3.87. The molecule has 0 bridgehead atoms. The summed E-state index contributed by atoms with van der Waals surface area (Å²) in [4.78, 5) is 19.3. The van der Waals surface area contributed by atoms with Crippen LogP contribution < -0.4 is 10.2 Å². The first-order valence-electron chi connectivity index (χ1n) is 6.12. The van der Waals surface area contributed by atoms with E-state index in [1.54, 1.807) is 0 Å². The molecule has 1 amide bonds. The van der Waals surface area contributed by atoms with Crippen molar-refractivity contribution >= 4 is 12.1 Å². The maximum Gasteiger partial charge on any atom is 0.291 e. The molecular formula is C14H14N4O2. The van der Waals surface area contributed by atoms with Gasteiger partial charge in [0.2, 0.25) is 0 Å². The van der Waals surface area contributed by atoms with Crippen LogP contribution in [-0.2, 0) is 0 Å². The number of hydrogen-bond donors (Lipinski definition) is 1. The first-order valence-corrected chi connectivity index (χ1v) is 6.12. The van der Waals surface area contributed by atoms with Gasteiger partial charge in [-0.15, -0.1) is 0 Å². The molecular weight excluding hydrogens is 256 g/mol. The van der Waals surface area contributed by atoms with E-state index >= 15 is 0 Å². The van der Waals surface area contributed by atoms with Crippen LogP contribution in [0.25, 0.3) is 0 Å². The zero-order valence-electron chi connectivity index (χ0n) is 11.0. The highest BCUT2D eigenvalue weighted by atomic mass is 16.5. The lowest BCUT2D eigenvalue weighted by Gasteiger charge is -2.02. The van der Waals surface area contributed by atoms with Crippen LogP contribution in [0.5, 0.6) is 5.75 Å². The number of amides is 1. The minimum Gasteiger partial charge on any atom is -0.494 e. The summed E-state index contributed by atoms with van der Waals surface area (Å²) in [5.74, 6) is 0.354. The van der Waals surface area contributed by atoms with Crippen molar-refractivity contribution in [2.45, 2.75) is 6.92 Å². The van der Waals surface area contributed by atoms with E-state index in [1.807, 2.05) is 31.2 Å². The number of hydrazone groups is 1. The molecule has 0 radical (unpaired) electrons. The number of nitrogens with one attached hydrogen (secondary N) is 1. The van der Waals surface area contributed by atoms with Gasteiger partial charge in [0.15, 0.2) is 0 Å². The maximum absolute atomic E-state index is 11.7. The van der Waals surface area contributed by atoms with Crippen molar-refractivity contribution in [3.05, 3.63) is 54.1 Å². The maximum atomic E-state index is 11.7. The van der Waals surface area contributed by atoms with E-state index in [0.717, 1.165) is 11.3 Å². The molecule has 0 saturated heterocycles. The molecule has 0 aliphatic rings. The summed E-state index contributed by atoms with van der Waals surface area (Å²) in [5.41, 5.74) is 3.43. The number of carbonyl (C=O) groups excluding carboxylic acids is 1. The van der Waals surface area contributed by atoms with E-state index in [9.17, 15) is 4.79 Å². The van der Waals surface area contributed by atoms with Gasteiger partial charge in [-0.3, -0.25) is 9.78 Å². The van der Waals surface area contributed by atoms with Crippen molar-refractivity contribution in [1.82, 2.24) is 15.4 Å². The van der Waals surface area contributed by atoms with E-state index in [2.05, 4.69) is 20.5 Å². The van der Waals surface area contributed by atoms with Crippen molar-refractivity contribution in [2.75, 3.05) is 6.61 Å². The van der Waals surface area contributed by atoms with Crippen molar-refractivity contribution in [3.8, 4) is 5.75 Å². The van der Waals surface area contributed by atoms with Crippen LogP contribution in [0, 0.1) is 0 Å². The Labute approximate surface area is 116 Å². The van der Waals surface area contributed by atoms with E-state index in [4.69, 9.17) is 4.74 Å². The quantitative estimate of drug-likeness (QED) is 0.662. The Balaban J connectivity index is 1.96. The highest BCUT2D eigenvalue weighted by Crippen LogP contribution is 2.11. The largest absolute Gasteiger partial charge is 0.494 e. The monoisotopic (exact) mass is 270 g/mol. The number of benzene rings is 1. The molecule has 2 aromatic rings. The van der Waals surface area contributed by atoms with Gasteiger partial charge in [0, 0.05) is 12.4 Å². The van der Waals surface area contributed by atoms with E-state index in [0.29, 0.717) is 6.61 Å². The Morgan fingerprint density at radius 3 is 3.10 bits per heavy atom. The van der Waals surface area contributed by atoms with Gasteiger partial charge in [-0.05, 0) is 24.6 Å². The number of ether oxygens (including phenoxy) is 1. The Kier molecular flexibility index (Phi) is 4.77. The summed E-state index contributed by atoms with van der Waals surface area (Å²) >= 11 is 0. The van der Waals surface area contributed by atoms with Crippen molar-refractivity contribution in [2.24, 2.45) is 5.10 Å². The van der Waals surface area contributed by atoms with Crippen LogP contribution in [0.2, 0.25) is 0 Å². The molecule has 6 heteroatoms. The third-order valence-electron chi connectivity index (χ3n) is 2.34. The first-order chi connectivity index (χ1) is 9.79. The van der Waals surface area contributed by atoms with Crippen LogP contribution in [0.1, 0.15) is 23.0 Å². The zero-order chi connectivity index (χ0) is 14.2. The summed E-state index contributed by atoms with van der Waals surface area (Å²) < 4.78 is 5.38. The second-order valence-corrected chi connectivity index (χ2v) is 3.80. The number of nitrogens with zero attached hydrogens (tertiary/aromatic N) is 3. The molecule has 20 heavy (non-hydrogen) atoms. The predicted molar refractivity (Wildman–Crippen MR) is 74.7 cm³/mol. The van der Waals surface area contributed by atoms with E-state index in [-0.39, 0.29) is 5.69 Å². The van der Waals surface area contributed by atoms with Crippen molar-refractivity contribution in [1.29, 1.82) is 0 Å². The van der Waals surface area contributed by atoms with Crippen molar-refractivity contribution < 1.29 is 9.53 Å². The van der Waals surface area contributed by atoms with Gasteiger partial charge >= 0.3 is 0 Å². The average Bonchev–Trinajstić information content (AvgIpc) is 2.49. The molecule has 0 aliphatic carbocycles. The minimum absolute atomic E-state index is 0.215. The number of rotatable bonds is 5. The van der Waals surface area contributed by atoms with Gasteiger partial charge in [-0.2, -0.15) is 5.10 Å². The second-order valence-electron chi connectivity index (χ2n) is 3.80. The first kappa shape index (κ1) is 13.7. The summed E-state index contributed by atoms with van der Waals surface area (Å²) in [6.45, 7) is 2.52. The third-order valence-corrected chi connectivity index (χ3v) is 2.34. The van der Waals surface area contributed by atoms with Gasteiger partial charge in [-0.1, -0.05) is 12.1 Å². The molecule has 1 heterocycles. The third kappa shape index (κ3) is 3.88. The molecule has 0 aliphatic heterocycles. The Bertz CT molecular complexity index is 599. The molecule has 0 unspecified atom stereocenters. The molecule has 1 aromatic carbocycles. The molecule has 0 atom stereocenters. The molecule has 0 fully saturated rings. The second kappa shape index (κ2) is 6.98. The van der Waals surface area contributed by atoms with Gasteiger partial charge in [0.25, 0.3) is 5.91 Å². The SMILES string of the molecule is CCOc1cccc(/C=N/NC(=O)c2cnccn2)c1. The lowest BCUT2D eigenvalue weighted by atomic mass is 10.2. The summed E-state index contributed by atoms with van der Waals surface area (Å²) in [6, 6.07) is 7.41.